The van der Waals surface area contributed by atoms with Gasteiger partial charge in [0.15, 0.2) is 11.5 Å². The topological polar surface area (TPSA) is 113 Å². The van der Waals surface area contributed by atoms with E-state index in [2.05, 4.69) is 24.2 Å². The number of amides is 2. The summed E-state index contributed by atoms with van der Waals surface area (Å²) in [5.41, 5.74) is 2.02. The van der Waals surface area contributed by atoms with Crippen molar-refractivity contribution in [2.45, 2.75) is 77.7 Å². The Bertz CT molecular complexity index is 1320. The molecule has 260 valence electrons. The largest absolute Gasteiger partial charge is 0.490 e. The van der Waals surface area contributed by atoms with E-state index in [1.165, 1.54) is 0 Å². The van der Waals surface area contributed by atoms with Gasteiger partial charge in [-0.2, -0.15) is 0 Å². The highest BCUT2D eigenvalue weighted by molar-refractivity contribution is 5.99. The molecule has 0 saturated heterocycles. The summed E-state index contributed by atoms with van der Waals surface area (Å²) in [5.74, 6) is 1.60. The Morgan fingerprint density at radius 2 is 1.83 bits per heavy atom. The van der Waals surface area contributed by atoms with Crippen LogP contribution in [-0.4, -0.2) is 111 Å². The summed E-state index contributed by atoms with van der Waals surface area (Å²) in [6.45, 7) is 9.15. The van der Waals surface area contributed by atoms with E-state index in [-0.39, 0.29) is 43.3 Å². The molecule has 4 rings (SSSR count). The quantitative estimate of drug-likeness (QED) is 0.358. The van der Waals surface area contributed by atoms with Gasteiger partial charge >= 0.3 is 0 Å². The molecule has 4 atom stereocenters. The van der Waals surface area contributed by atoms with Gasteiger partial charge in [0.2, 0.25) is 12.7 Å². The first kappa shape index (κ1) is 36.5. The Morgan fingerprint density at radius 3 is 2.60 bits per heavy atom. The fraction of sp³-hybridized carbons (Fsp3) is 0.611. The summed E-state index contributed by atoms with van der Waals surface area (Å²) in [5, 5.41) is 13.2. The maximum absolute atomic E-state index is 14.4. The fourth-order valence-corrected chi connectivity index (χ4v) is 5.96. The molecule has 0 aliphatic carbocycles. The highest BCUT2D eigenvalue weighted by atomic mass is 16.7. The van der Waals surface area contributed by atoms with Crippen LogP contribution >= 0.6 is 0 Å². The van der Waals surface area contributed by atoms with Crippen molar-refractivity contribution in [3.8, 4) is 17.2 Å². The summed E-state index contributed by atoms with van der Waals surface area (Å²) in [6.07, 6.45) is 3.46. The second-order valence-corrected chi connectivity index (χ2v) is 13.4. The van der Waals surface area contributed by atoms with Crippen molar-refractivity contribution in [2.75, 3.05) is 66.1 Å². The number of hydrogen-bond donors (Lipinski definition) is 2. The number of fused-ring (bicyclic) bond motifs is 2. The van der Waals surface area contributed by atoms with Crippen molar-refractivity contribution in [2.24, 2.45) is 5.92 Å². The van der Waals surface area contributed by atoms with E-state index >= 15 is 0 Å². The lowest BCUT2D eigenvalue weighted by Gasteiger charge is -2.36. The van der Waals surface area contributed by atoms with Crippen LogP contribution in [0.4, 0.5) is 5.69 Å². The molecule has 2 aromatic carbocycles. The number of carbonyl (C=O) groups is 2. The first-order valence-corrected chi connectivity index (χ1v) is 16.9. The highest BCUT2D eigenvalue weighted by Gasteiger charge is 2.30. The molecule has 2 aliphatic heterocycles. The molecule has 11 heteroatoms. The monoisotopic (exact) mass is 654 g/mol. The fourth-order valence-electron chi connectivity index (χ4n) is 5.96. The molecular weight excluding hydrogens is 600 g/mol. The van der Waals surface area contributed by atoms with Gasteiger partial charge in [0.05, 0.1) is 30.4 Å². The molecule has 2 aliphatic rings. The number of likely N-dealkylation sites (N-methyl/N-ethyl adjacent to an activating group) is 1. The maximum atomic E-state index is 14.4. The predicted molar refractivity (Wildman–Crippen MR) is 182 cm³/mol. The summed E-state index contributed by atoms with van der Waals surface area (Å²) in [7, 11) is 6.02. The number of benzene rings is 2. The zero-order valence-corrected chi connectivity index (χ0v) is 29.0. The SMILES string of the molecule is C[C@@H]1CN([C@H](C)CO)C(=O)c2cc(NC(=O)CCCN(C)C)ccc2O[C@@H](C)CCCCO[C@@H]1CN(C)Cc1ccc2c(c1)OCO2. The van der Waals surface area contributed by atoms with Crippen LogP contribution in [0.15, 0.2) is 36.4 Å². The van der Waals surface area contributed by atoms with Crippen molar-refractivity contribution < 1.29 is 33.6 Å². The maximum Gasteiger partial charge on any atom is 0.258 e. The molecule has 2 amide bonds. The number of ether oxygens (including phenoxy) is 4. The summed E-state index contributed by atoms with van der Waals surface area (Å²) >= 11 is 0. The first-order chi connectivity index (χ1) is 22.5. The van der Waals surface area contributed by atoms with Crippen LogP contribution in [0.2, 0.25) is 0 Å². The summed E-state index contributed by atoms with van der Waals surface area (Å²) in [4.78, 5) is 33.0. The predicted octanol–water partition coefficient (Wildman–Crippen LogP) is 4.62. The molecule has 0 fully saturated rings. The van der Waals surface area contributed by atoms with Crippen LogP contribution in [-0.2, 0) is 16.1 Å². The Balaban J connectivity index is 1.54. The number of aliphatic hydroxyl groups excluding tert-OH is 1. The van der Waals surface area contributed by atoms with Gasteiger partial charge in [-0.3, -0.25) is 14.5 Å². The van der Waals surface area contributed by atoms with Crippen LogP contribution in [0.3, 0.4) is 0 Å². The van der Waals surface area contributed by atoms with E-state index in [9.17, 15) is 14.7 Å². The number of nitrogens with one attached hydrogen (secondary N) is 1. The van der Waals surface area contributed by atoms with Gasteiger partial charge in [-0.05, 0) is 103 Å². The van der Waals surface area contributed by atoms with Gasteiger partial charge in [0.25, 0.3) is 5.91 Å². The van der Waals surface area contributed by atoms with Crippen molar-refractivity contribution >= 4 is 17.5 Å². The minimum absolute atomic E-state index is 0.0435. The number of anilines is 1. The minimum atomic E-state index is -0.445. The average molecular weight is 655 g/mol. The van der Waals surface area contributed by atoms with Gasteiger partial charge in [-0.1, -0.05) is 13.0 Å². The van der Waals surface area contributed by atoms with Crippen LogP contribution in [0.25, 0.3) is 0 Å². The van der Waals surface area contributed by atoms with Gasteiger partial charge in [0.1, 0.15) is 5.75 Å². The molecule has 0 aromatic heterocycles. The number of hydrogen-bond acceptors (Lipinski definition) is 9. The Kier molecular flexibility index (Phi) is 13.7. The molecular formula is C36H54N4O7. The van der Waals surface area contributed by atoms with Crippen LogP contribution in [0, 0.1) is 5.92 Å². The van der Waals surface area contributed by atoms with Crippen LogP contribution in [0.5, 0.6) is 17.2 Å². The van der Waals surface area contributed by atoms with Crippen molar-refractivity contribution in [3.05, 3.63) is 47.5 Å². The lowest BCUT2D eigenvalue weighted by Crippen LogP contribution is -2.47. The minimum Gasteiger partial charge on any atom is -0.490 e. The highest BCUT2D eigenvalue weighted by Crippen LogP contribution is 2.33. The zero-order valence-electron chi connectivity index (χ0n) is 29.0. The number of carbonyl (C=O) groups excluding carboxylic acids is 2. The molecule has 2 heterocycles. The van der Waals surface area contributed by atoms with Crippen LogP contribution in [0.1, 0.15) is 68.8 Å². The van der Waals surface area contributed by atoms with E-state index in [1.807, 2.05) is 51.0 Å². The molecule has 2 aromatic rings. The standard InChI is InChI=1S/C36H54N4O7/c1-25-20-40(26(2)23-41)36(43)30-19-29(37-35(42)11-9-16-38(4)5)13-15-31(30)47-27(3)10-7-8-17-44-34(25)22-39(6)21-28-12-14-32-33(18-28)46-24-45-32/h12-15,18-19,25-27,34,41H,7-11,16-17,20-24H2,1-6H3,(H,37,42)/t25-,26-,27+,34-/m1/s1. The average Bonchev–Trinajstić information content (AvgIpc) is 3.50. The molecule has 2 N–H and O–H groups in total. The molecule has 0 bridgehead atoms. The second kappa shape index (κ2) is 17.7. The molecule has 0 unspecified atom stereocenters. The molecule has 0 spiro atoms. The number of rotatable bonds is 11. The van der Waals surface area contributed by atoms with Gasteiger partial charge in [0, 0.05) is 44.3 Å². The summed E-state index contributed by atoms with van der Waals surface area (Å²) < 4.78 is 23.9. The Labute approximate surface area is 280 Å². The zero-order chi connectivity index (χ0) is 33.9. The molecule has 47 heavy (non-hydrogen) atoms. The van der Waals surface area contributed by atoms with E-state index in [1.54, 1.807) is 23.1 Å². The lowest BCUT2D eigenvalue weighted by molar-refractivity contribution is -0.116. The van der Waals surface area contributed by atoms with Gasteiger partial charge in [-0.25, -0.2) is 0 Å². The van der Waals surface area contributed by atoms with Crippen molar-refractivity contribution in [1.82, 2.24) is 14.7 Å². The third-order valence-corrected chi connectivity index (χ3v) is 8.73. The van der Waals surface area contributed by atoms with E-state index in [0.717, 1.165) is 49.3 Å². The molecule has 0 radical (unpaired) electrons. The molecule has 0 saturated carbocycles. The van der Waals surface area contributed by atoms with E-state index in [4.69, 9.17) is 18.9 Å². The third-order valence-electron chi connectivity index (χ3n) is 8.73. The van der Waals surface area contributed by atoms with Crippen molar-refractivity contribution in [1.29, 1.82) is 0 Å². The Hall–Kier alpha value is -3.38. The van der Waals surface area contributed by atoms with E-state index < -0.39 is 6.04 Å². The summed E-state index contributed by atoms with van der Waals surface area (Å²) in [6, 6.07) is 10.8. The van der Waals surface area contributed by atoms with Crippen LogP contribution < -0.4 is 19.5 Å². The number of aliphatic hydroxyl groups is 1. The lowest BCUT2D eigenvalue weighted by atomic mass is 10.0. The smallest absolute Gasteiger partial charge is 0.258 e. The first-order valence-electron chi connectivity index (χ1n) is 16.9. The van der Waals surface area contributed by atoms with Gasteiger partial charge < -0.3 is 39.2 Å². The molecule has 11 nitrogen and oxygen atoms in total. The van der Waals surface area contributed by atoms with E-state index in [0.29, 0.717) is 49.7 Å². The normalized spacial score (nSPS) is 21.3. The Morgan fingerprint density at radius 1 is 1.06 bits per heavy atom. The third kappa shape index (κ3) is 10.8. The van der Waals surface area contributed by atoms with Crippen molar-refractivity contribution in [3.63, 3.8) is 0 Å². The van der Waals surface area contributed by atoms with Gasteiger partial charge in [-0.15, -0.1) is 0 Å². The second-order valence-electron chi connectivity index (χ2n) is 13.4. The number of nitrogens with zero attached hydrogens (tertiary/aromatic N) is 3.